The van der Waals surface area contributed by atoms with E-state index in [0.29, 0.717) is 17.8 Å². The summed E-state index contributed by atoms with van der Waals surface area (Å²) in [6, 6.07) is 7.41. The highest BCUT2D eigenvalue weighted by molar-refractivity contribution is 5.75. The van der Waals surface area contributed by atoms with Crippen LogP contribution >= 0.6 is 0 Å². The number of halogens is 3. The summed E-state index contributed by atoms with van der Waals surface area (Å²) < 4.78 is 41.5. The average molecular weight is 422 g/mol. The van der Waals surface area contributed by atoms with Gasteiger partial charge < -0.3 is 9.67 Å². The second-order valence-corrected chi connectivity index (χ2v) is 9.19. The second-order valence-electron chi connectivity index (χ2n) is 9.19. The van der Waals surface area contributed by atoms with E-state index in [1.165, 1.54) is 0 Å². The Bertz CT molecular complexity index is 947. The van der Waals surface area contributed by atoms with Crippen LogP contribution in [0.2, 0.25) is 0 Å². The highest BCUT2D eigenvalue weighted by Gasteiger charge is 2.79. The van der Waals surface area contributed by atoms with Crippen LogP contribution in [0.25, 0.3) is 11.0 Å². The van der Waals surface area contributed by atoms with Gasteiger partial charge in [0.1, 0.15) is 5.69 Å². The van der Waals surface area contributed by atoms with E-state index < -0.39 is 17.0 Å². The van der Waals surface area contributed by atoms with Crippen molar-refractivity contribution in [3.05, 3.63) is 40.3 Å². The molecule has 1 heterocycles. The summed E-state index contributed by atoms with van der Waals surface area (Å²) in [7, 11) is 0. The molecule has 0 aliphatic heterocycles. The second kappa shape index (κ2) is 7.98. The fourth-order valence-electron chi connectivity index (χ4n) is 5.37. The van der Waals surface area contributed by atoms with Crippen LogP contribution in [-0.4, -0.2) is 27.4 Å². The summed E-state index contributed by atoms with van der Waals surface area (Å²) in [6.45, 7) is 0.804. The van der Waals surface area contributed by atoms with Gasteiger partial charge in [-0.2, -0.15) is 13.2 Å². The lowest BCUT2D eigenvalue weighted by Gasteiger charge is -2.69. The largest absolute Gasteiger partial charge is 0.396 e. The van der Waals surface area contributed by atoms with Crippen molar-refractivity contribution >= 4 is 11.0 Å². The fourth-order valence-corrected chi connectivity index (χ4v) is 5.37. The maximum absolute atomic E-state index is 13.3. The lowest BCUT2D eigenvalue weighted by atomic mass is 9.34. The molecule has 3 aliphatic rings. The standard InChI is InChI=1S/C23H29F3N2O2/c24-23(25,26)22-14-21(15-22,16-22)19-20(30)28(18-11-7-6-10-17(18)27-19)12-8-4-2-1-3-5-9-13-29/h6-7,10-11,29H,1-5,8-9,12-16H2. The van der Waals surface area contributed by atoms with Gasteiger partial charge in [0.15, 0.2) is 0 Å². The summed E-state index contributed by atoms with van der Waals surface area (Å²) >= 11 is 0. The number of aliphatic hydroxyl groups excluding tert-OH is 1. The van der Waals surface area contributed by atoms with Crippen molar-refractivity contribution in [1.82, 2.24) is 9.55 Å². The normalized spacial score (nSPS) is 25.2. The van der Waals surface area contributed by atoms with Crippen molar-refractivity contribution in [2.24, 2.45) is 5.41 Å². The van der Waals surface area contributed by atoms with Gasteiger partial charge >= 0.3 is 6.18 Å². The Morgan fingerprint density at radius 1 is 0.967 bits per heavy atom. The number of hydrogen-bond acceptors (Lipinski definition) is 3. The molecule has 1 aromatic carbocycles. The van der Waals surface area contributed by atoms with Gasteiger partial charge in [0.05, 0.1) is 16.4 Å². The van der Waals surface area contributed by atoms with E-state index in [4.69, 9.17) is 5.11 Å². The van der Waals surface area contributed by atoms with Gasteiger partial charge in [-0.25, -0.2) is 4.98 Å². The van der Waals surface area contributed by atoms with Crippen LogP contribution in [0.3, 0.4) is 0 Å². The van der Waals surface area contributed by atoms with E-state index in [2.05, 4.69) is 4.98 Å². The highest BCUT2D eigenvalue weighted by atomic mass is 19.4. The monoisotopic (exact) mass is 422 g/mol. The Labute approximate surface area is 174 Å². The SMILES string of the molecule is O=c1c(C23CC(C(F)(F)F)(C2)C3)nc2ccccc2n1CCCCCCCCCO. The van der Waals surface area contributed by atoms with Gasteiger partial charge in [-0.15, -0.1) is 0 Å². The van der Waals surface area contributed by atoms with Gasteiger partial charge in [0.2, 0.25) is 0 Å². The number of fused-ring (bicyclic) bond motifs is 1. The molecular formula is C23H29F3N2O2. The number of unbranched alkanes of at least 4 members (excludes halogenated alkanes) is 6. The number of hydrogen-bond donors (Lipinski definition) is 1. The fraction of sp³-hybridized carbons (Fsp3) is 0.652. The highest BCUT2D eigenvalue weighted by Crippen LogP contribution is 2.77. The quantitative estimate of drug-likeness (QED) is 0.542. The summed E-state index contributed by atoms with van der Waals surface area (Å²) in [5, 5.41) is 8.81. The zero-order valence-electron chi connectivity index (χ0n) is 17.2. The van der Waals surface area contributed by atoms with E-state index >= 15 is 0 Å². The molecule has 1 N–H and O–H groups in total. The van der Waals surface area contributed by atoms with Gasteiger partial charge in [-0.3, -0.25) is 4.79 Å². The average Bonchev–Trinajstić information content (AvgIpc) is 2.62. The van der Waals surface area contributed by atoms with Crippen LogP contribution in [0.15, 0.2) is 29.1 Å². The molecule has 3 aliphatic carbocycles. The predicted molar refractivity (Wildman–Crippen MR) is 109 cm³/mol. The zero-order chi connectivity index (χ0) is 21.4. The molecule has 2 bridgehead atoms. The summed E-state index contributed by atoms with van der Waals surface area (Å²) in [5.74, 6) is 0. The van der Waals surface area contributed by atoms with Crippen LogP contribution in [-0.2, 0) is 12.0 Å². The van der Waals surface area contributed by atoms with Crippen molar-refractivity contribution in [3.63, 3.8) is 0 Å². The van der Waals surface area contributed by atoms with Crippen molar-refractivity contribution in [1.29, 1.82) is 0 Å². The van der Waals surface area contributed by atoms with Crippen molar-refractivity contribution in [2.45, 2.75) is 82.3 Å². The molecule has 0 unspecified atom stereocenters. The molecule has 5 rings (SSSR count). The number of benzene rings is 1. The van der Waals surface area contributed by atoms with Gasteiger partial charge in [-0.1, -0.05) is 44.2 Å². The Hall–Kier alpha value is -1.89. The number of aliphatic hydroxyl groups is 1. The van der Waals surface area contributed by atoms with E-state index in [1.54, 1.807) is 4.57 Å². The molecular weight excluding hydrogens is 393 g/mol. The first-order valence-electron chi connectivity index (χ1n) is 11.0. The summed E-state index contributed by atoms with van der Waals surface area (Å²) in [5.41, 5.74) is -0.727. The summed E-state index contributed by atoms with van der Waals surface area (Å²) in [4.78, 5) is 17.8. The Morgan fingerprint density at radius 2 is 1.57 bits per heavy atom. The first kappa shape index (κ1) is 21.3. The maximum Gasteiger partial charge on any atom is 0.394 e. The lowest BCUT2D eigenvalue weighted by molar-refractivity contribution is -0.338. The lowest BCUT2D eigenvalue weighted by Crippen LogP contribution is -2.71. The molecule has 0 saturated heterocycles. The Kier molecular flexibility index (Phi) is 5.68. The molecule has 3 fully saturated rings. The molecule has 7 heteroatoms. The number of rotatable bonds is 10. The van der Waals surface area contributed by atoms with E-state index in [1.807, 2.05) is 24.3 Å². The first-order chi connectivity index (χ1) is 14.3. The van der Waals surface area contributed by atoms with Crippen LogP contribution in [0.4, 0.5) is 13.2 Å². The van der Waals surface area contributed by atoms with Crippen molar-refractivity contribution in [2.75, 3.05) is 6.61 Å². The first-order valence-corrected chi connectivity index (χ1v) is 11.0. The number of alkyl halides is 3. The maximum atomic E-state index is 13.3. The van der Waals surface area contributed by atoms with Gasteiger partial charge in [0, 0.05) is 18.6 Å². The predicted octanol–water partition coefficient (Wildman–Crippen LogP) is 5.10. The molecule has 0 radical (unpaired) electrons. The van der Waals surface area contributed by atoms with Crippen LogP contribution < -0.4 is 5.56 Å². The smallest absolute Gasteiger partial charge is 0.394 e. The van der Waals surface area contributed by atoms with E-state index in [9.17, 15) is 18.0 Å². The third kappa shape index (κ3) is 3.55. The Balaban J connectivity index is 1.47. The third-order valence-corrected chi connectivity index (χ3v) is 7.03. The molecule has 4 nitrogen and oxygen atoms in total. The number of aromatic nitrogens is 2. The van der Waals surface area contributed by atoms with Crippen LogP contribution in [0.1, 0.15) is 69.9 Å². The minimum atomic E-state index is -4.19. The van der Waals surface area contributed by atoms with Crippen molar-refractivity contribution in [3.8, 4) is 0 Å². The molecule has 0 amide bonds. The zero-order valence-corrected chi connectivity index (χ0v) is 17.2. The Morgan fingerprint density at radius 3 is 2.20 bits per heavy atom. The van der Waals surface area contributed by atoms with Gasteiger partial charge in [0.25, 0.3) is 5.56 Å². The molecule has 2 aromatic rings. The number of aryl methyl sites for hydroxylation is 1. The number of para-hydroxylation sites is 2. The van der Waals surface area contributed by atoms with E-state index in [-0.39, 0.29) is 31.4 Å². The van der Waals surface area contributed by atoms with Crippen molar-refractivity contribution < 1.29 is 18.3 Å². The topological polar surface area (TPSA) is 55.1 Å². The van der Waals surface area contributed by atoms with Gasteiger partial charge in [-0.05, 0) is 44.2 Å². The molecule has 164 valence electrons. The molecule has 30 heavy (non-hydrogen) atoms. The molecule has 0 atom stereocenters. The van der Waals surface area contributed by atoms with E-state index in [0.717, 1.165) is 50.5 Å². The molecule has 3 saturated carbocycles. The summed E-state index contributed by atoms with van der Waals surface area (Å²) in [6.07, 6.45) is 2.83. The van der Waals surface area contributed by atoms with Crippen LogP contribution in [0, 0.1) is 5.41 Å². The minimum Gasteiger partial charge on any atom is -0.396 e. The third-order valence-electron chi connectivity index (χ3n) is 7.03. The molecule has 1 aromatic heterocycles. The minimum absolute atomic E-state index is 0.00206. The van der Waals surface area contributed by atoms with Crippen LogP contribution in [0.5, 0.6) is 0 Å². The number of nitrogens with zero attached hydrogens (tertiary/aromatic N) is 2. The molecule has 0 spiro atoms.